The van der Waals surface area contributed by atoms with Crippen LogP contribution in [0.5, 0.6) is 0 Å². The van der Waals surface area contributed by atoms with Crippen molar-refractivity contribution in [2.75, 3.05) is 0 Å². The quantitative estimate of drug-likeness (QED) is 0.170. The van der Waals surface area contributed by atoms with Crippen molar-refractivity contribution in [3.8, 4) is 0 Å². The van der Waals surface area contributed by atoms with Crippen molar-refractivity contribution in [1.29, 1.82) is 0 Å². The Balaban J connectivity index is 1.96. The SMILES string of the molecule is CCCCCc1ccccc1CC(O)C=CC=CC1CCCCC1C(CCCC(=O)O)OC(C)=O. The molecule has 0 saturated heterocycles. The first-order chi connectivity index (χ1) is 16.9. The number of unbranched alkanes of at least 4 members (excludes halogenated alkanes) is 2. The van der Waals surface area contributed by atoms with E-state index in [4.69, 9.17) is 9.84 Å². The van der Waals surface area contributed by atoms with Gasteiger partial charge in [0, 0.05) is 25.7 Å². The van der Waals surface area contributed by atoms with Gasteiger partial charge in [-0.15, -0.1) is 0 Å². The van der Waals surface area contributed by atoms with Crippen LogP contribution in [-0.2, 0) is 27.2 Å². The van der Waals surface area contributed by atoms with Gasteiger partial charge in [-0.05, 0) is 55.6 Å². The van der Waals surface area contributed by atoms with Gasteiger partial charge in [0.25, 0.3) is 0 Å². The summed E-state index contributed by atoms with van der Waals surface area (Å²) in [4.78, 5) is 22.6. The van der Waals surface area contributed by atoms with Crippen LogP contribution in [0.3, 0.4) is 0 Å². The second kappa shape index (κ2) is 16.3. The van der Waals surface area contributed by atoms with Gasteiger partial charge < -0.3 is 14.9 Å². The molecule has 0 bridgehead atoms. The third-order valence-electron chi connectivity index (χ3n) is 6.95. The Kier molecular flexibility index (Phi) is 13.4. The molecule has 0 radical (unpaired) electrons. The predicted molar refractivity (Wildman–Crippen MR) is 140 cm³/mol. The lowest BCUT2D eigenvalue weighted by Gasteiger charge is -2.35. The van der Waals surface area contributed by atoms with Gasteiger partial charge in [0.2, 0.25) is 0 Å². The van der Waals surface area contributed by atoms with Crippen LogP contribution in [0.25, 0.3) is 0 Å². The molecule has 5 nitrogen and oxygen atoms in total. The van der Waals surface area contributed by atoms with Crippen LogP contribution in [-0.4, -0.2) is 34.4 Å². The molecule has 0 spiro atoms. The third kappa shape index (κ3) is 11.3. The van der Waals surface area contributed by atoms with E-state index in [0.717, 1.165) is 32.1 Å². The average Bonchev–Trinajstić information content (AvgIpc) is 2.82. The smallest absolute Gasteiger partial charge is 0.303 e. The summed E-state index contributed by atoms with van der Waals surface area (Å²) in [6.07, 6.45) is 17.8. The molecule has 35 heavy (non-hydrogen) atoms. The summed E-state index contributed by atoms with van der Waals surface area (Å²) >= 11 is 0. The molecule has 194 valence electrons. The number of hydrogen-bond acceptors (Lipinski definition) is 4. The maximum absolute atomic E-state index is 11.7. The van der Waals surface area contributed by atoms with Crippen molar-refractivity contribution in [1.82, 2.24) is 0 Å². The van der Waals surface area contributed by atoms with Crippen LogP contribution in [0.15, 0.2) is 48.6 Å². The van der Waals surface area contributed by atoms with E-state index in [0.29, 0.717) is 19.3 Å². The van der Waals surface area contributed by atoms with E-state index in [1.807, 2.05) is 24.3 Å². The topological polar surface area (TPSA) is 83.8 Å². The Morgan fingerprint density at radius 1 is 1.09 bits per heavy atom. The van der Waals surface area contributed by atoms with Crippen LogP contribution in [0.1, 0.15) is 89.2 Å². The normalized spacial score (nSPS) is 20.2. The molecule has 1 aliphatic carbocycles. The van der Waals surface area contributed by atoms with E-state index in [1.54, 1.807) is 0 Å². The number of ether oxygens (including phenoxy) is 1. The van der Waals surface area contributed by atoms with Gasteiger partial charge in [-0.1, -0.05) is 81.2 Å². The van der Waals surface area contributed by atoms with Gasteiger partial charge in [0.05, 0.1) is 6.10 Å². The number of aliphatic hydroxyl groups is 1. The number of rotatable bonds is 15. The Morgan fingerprint density at radius 3 is 2.54 bits per heavy atom. The molecule has 4 atom stereocenters. The first-order valence-corrected chi connectivity index (χ1v) is 13.4. The number of hydrogen-bond donors (Lipinski definition) is 2. The molecule has 2 rings (SSSR count). The summed E-state index contributed by atoms with van der Waals surface area (Å²) in [5, 5.41) is 19.6. The number of carbonyl (C=O) groups excluding carboxylic acids is 1. The van der Waals surface area contributed by atoms with E-state index in [-0.39, 0.29) is 30.3 Å². The van der Waals surface area contributed by atoms with Crippen molar-refractivity contribution in [3.05, 3.63) is 59.7 Å². The van der Waals surface area contributed by atoms with Crippen molar-refractivity contribution >= 4 is 11.9 Å². The Morgan fingerprint density at radius 2 is 1.83 bits per heavy atom. The fourth-order valence-corrected chi connectivity index (χ4v) is 5.18. The van der Waals surface area contributed by atoms with Crippen LogP contribution in [0, 0.1) is 11.8 Å². The molecule has 0 heterocycles. The molecule has 1 fully saturated rings. The first kappa shape index (κ1) is 28.8. The van der Waals surface area contributed by atoms with Crippen LogP contribution in [0.4, 0.5) is 0 Å². The summed E-state index contributed by atoms with van der Waals surface area (Å²) < 4.78 is 5.64. The number of carboxylic acids is 1. The summed E-state index contributed by atoms with van der Waals surface area (Å²) in [6, 6.07) is 8.39. The number of allylic oxidation sites excluding steroid dienone is 3. The van der Waals surface area contributed by atoms with Crippen LogP contribution < -0.4 is 0 Å². The molecule has 0 aliphatic heterocycles. The molecular formula is C30H44O5. The average molecular weight is 485 g/mol. The molecule has 0 aromatic heterocycles. The van der Waals surface area contributed by atoms with E-state index < -0.39 is 12.1 Å². The number of carboxylic acid groups (broad SMARTS) is 1. The molecule has 4 unspecified atom stereocenters. The number of aliphatic carboxylic acids is 1. The van der Waals surface area contributed by atoms with Crippen molar-refractivity contribution in [2.24, 2.45) is 11.8 Å². The molecular weight excluding hydrogens is 440 g/mol. The second-order valence-electron chi connectivity index (χ2n) is 9.81. The van der Waals surface area contributed by atoms with Gasteiger partial charge in [-0.25, -0.2) is 0 Å². The molecule has 1 aliphatic rings. The van der Waals surface area contributed by atoms with Crippen LogP contribution in [0.2, 0.25) is 0 Å². The van der Waals surface area contributed by atoms with E-state index in [1.165, 1.54) is 37.3 Å². The number of esters is 1. The fourth-order valence-electron chi connectivity index (χ4n) is 5.18. The molecule has 1 saturated carbocycles. The van der Waals surface area contributed by atoms with E-state index in [9.17, 15) is 14.7 Å². The van der Waals surface area contributed by atoms with Gasteiger partial charge in [-0.3, -0.25) is 9.59 Å². The highest BCUT2D eigenvalue weighted by atomic mass is 16.5. The Bertz CT molecular complexity index is 828. The van der Waals surface area contributed by atoms with Crippen molar-refractivity contribution in [2.45, 2.75) is 103 Å². The summed E-state index contributed by atoms with van der Waals surface area (Å²) in [5.74, 6) is -0.652. The van der Waals surface area contributed by atoms with E-state index in [2.05, 4.69) is 31.2 Å². The molecule has 1 aromatic carbocycles. The lowest BCUT2D eigenvalue weighted by atomic mass is 9.75. The monoisotopic (exact) mass is 484 g/mol. The molecule has 5 heteroatoms. The molecule has 1 aromatic rings. The second-order valence-corrected chi connectivity index (χ2v) is 9.81. The number of aliphatic hydroxyl groups excluding tert-OH is 1. The standard InChI is InChI=1S/C30H44O5/c1-3-4-5-13-24-14-6-7-17-26(24)22-27(32)18-10-8-15-25-16-9-11-19-28(25)29(35-23(2)31)20-12-21-30(33)34/h6-8,10,14-15,17-18,25,27-29,32H,3-5,9,11-13,16,19-22H2,1-2H3,(H,33,34). The minimum atomic E-state index is -0.820. The van der Waals surface area contributed by atoms with Gasteiger partial charge >= 0.3 is 11.9 Å². The summed E-state index contributed by atoms with van der Waals surface area (Å²) in [7, 11) is 0. The van der Waals surface area contributed by atoms with Crippen LogP contribution >= 0.6 is 0 Å². The van der Waals surface area contributed by atoms with Crippen molar-refractivity contribution in [3.63, 3.8) is 0 Å². The largest absolute Gasteiger partial charge is 0.481 e. The molecule has 2 N–H and O–H groups in total. The molecule has 0 amide bonds. The highest BCUT2D eigenvalue weighted by Gasteiger charge is 2.32. The lowest BCUT2D eigenvalue weighted by molar-refractivity contribution is -0.151. The first-order valence-electron chi connectivity index (χ1n) is 13.4. The van der Waals surface area contributed by atoms with Gasteiger partial charge in [0.1, 0.15) is 6.10 Å². The Labute approximate surface area is 211 Å². The Hall–Kier alpha value is -2.40. The fraction of sp³-hybridized carbons (Fsp3) is 0.600. The zero-order valence-electron chi connectivity index (χ0n) is 21.5. The summed E-state index contributed by atoms with van der Waals surface area (Å²) in [5.41, 5.74) is 2.54. The van der Waals surface area contributed by atoms with Gasteiger partial charge in [-0.2, -0.15) is 0 Å². The maximum atomic E-state index is 11.7. The van der Waals surface area contributed by atoms with Gasteiger partial charge in [0.15, 0.2) is 0 Å². The number of carbonyl (C=O) groups is 2. The van der Waals surface area contributed by atoms with E-state index >= 15 is 0 Å². The lowest BCUT2D eigenvalue weighted by Crippen LogP contribution is -2.33. The number of benzene rings is 1. The maximum Gasteiger partial charge on any atom is 0.303 e. The highest BCUT2D eigenvalue weighted by molar-refractivity contribution is 5.67. The minimum Gasteiger partial charge on any atom is -0.481 e. The minimum absolute atomic E-state index is 0.0906. The number of aryl methyl sites for hydroxylation is 1. The zero-order chi connectivity index (χ0) is 25.5. The zero-order valence-corrected chi connectivity index (χ0v) is 21.5. The predicted octanol–water partition coefficient (Wildman–Crippen LogP) is 6.43. The summed E-state index contributed by atoms with van der Waals surface area (Å²) in [6.45, 7) is 3.63. The highest BCUT2D eigenvalue weighted by Crippen LogP contribution is 2.36. The third-order valence-corrected chi connectivity index (χ3v) is 6.95. The van der Waals surface area contributed by atoms with Crippen molar-refractivity contribution < 1.29 is 24.5 Å².